The molecule has 1 aliphatic heterocycles. The highest BCUT2D eigenvalue weighted by Crippen LogP contribution is 2.29. The molecule has 1 aliphatic rings. The summed E-state index contributed by atoms with van der Waals surface area (Å²) in [5.74, 6) is 0.723. The van der Waals surface area contributed by atoms with Gasteiger partial charge in [-0.1, -0.05) is 6.07 Å². The van der Waals surface area contributed by atoms with Crippen molar-refractivity contribution in [2.45, 2.75) is 19.4 Å². The molecular formula is C13H18N2O2. The predicted octanol–water partition coefficient (Wildman–Crippen LogP) is 1.79. The average molecular weight is 234 g/mol. The Hall–Kier alpha value is -1.55. The summed E-state index contributed by atoms with van der Waals surface area (Å²) in [6.45, 7) is 3.42. The highest BCUT2D eigenvalue weighted by molar-refractivity contribution is 5.90. The lowest BCUT2D eigenvalue weighted by Gasteiger charge is -2.16. The maximum Gasteiger partial charge on any atom is 0.143 e. The fraction of sp³-hybridized carbons (Fsp3) is 0.462. The van der Waals surface area contributed by atoms with Crippen molar-refractivity contribution in [3.8, 4) is 5.75 Å². The molecule has 0 radical (unpaired) electrons. The molecule has 0 saturated carbocycles. The molecular weight excluding hydrogens is 216 g/mol. The Balaban J connectivity index is 2.25. The summed E-state index contributed by atoms with van der Waals surface area (Å²) in [5, 5.41) is 0. The first-order valence-corrected chi connectivity index (χ1v) is 5.78. The molecule has 0 bridgehead atoms. The summed E-state index contributed by atoms with van der Waals surface area (Å²) in [4.78, 5) is 4.02. The van der Waals surface area contributed by atoms with Crippen molar-refractivity contribution >= 4 is 11.9 Å². The molecule has 1 aromatic carbocycles. The van der Waals surface area contributed by atoms with Gasteiger partial charge in [0, 0.05) is 25.2 Å². The van der Waals surface area contributed by atoms with Crippen molar-refractivity contribution in [3.63, 3.8) is 0 Å². The number of hydrogen-bond acceptors (Lipinski definition) is 4. The fourth-order valence-corrected chi connectivity index (χ4v) is 1.91. The summed E-state index contributed by atoms with van der Waals surface area (Å²) >= 11 is 0. The molecule has 1 aromatic rings. The molecule has 4 heteroatoms. The molecule has 0 aromatic heterocycles. The van der Waals surface area contributed by atoms with Crippen LogP contribution in [-0.2, 0) is 4.74 Å². The van der Waals surface area contributed by atoms with E-state index in [9.17, 15) is 0 Å². The van der Waals surface area contributed by atoms with Gasteiger partial charge >= 0.3 is 0 Å². The van der Waals surface area contributed by atoms with Gasteiger partial charge < -0.3 is 15.2 Å². The van der Waals surface area contributed by atoms with Gasteiger partial charge in [-0.2, -0.15) is 0 Å². The third-order valence-electron chi connectivity index (χ3n) is 2.90. The fourth-order valence-electron chi connectivity index (χ4n) is 1.91. The molecule has 1 heterocycles. The second-order valence-corrected chi connectivity index (χ2v) is 4.20. The van der Waals surface area contributed by atoms with Crippen LogP contribution >= 0.6 is 0 Å². The van der Waals surface area contributed by atoms with E-state index in [0.29, 0.717) is 12.3 Å². The third-order valence-corrected chi connectivity index (χ3v) is 2.90. The lowest BCUT2D eigenvalue weighted by Crippen LogP contribution is -2.17. The van der Waals surface area contributed by atoms with Gasteiger partial charge in [0.15, 0.2) is 0 Å². The van der Waals surface area contributed by atoms with E-state index in [1.165, 1.54) is 0 Å². The van der Waals surface area contributed by atoms with Crippen molar-refractivity contribution in [3.05, 3.63) is 23.3 Å². The Labute approximate surface area is 101 Å². The minimum absolute atomic E-state index is 0.117. The largest absolute Gasteiger partial charge is 0.486 e. The maximum absolute atomic E-state index is 6.09. The summed E-state index contributed by atoms with van der Waals surface area (Å²) in [6, 6.07) is 3.91. The van der Waals surface area contributed by atoms with Gasteiger partial charge in [-0.25, -0.2) is 0 Å². The van der Waals surface area contributed by atoms with E-state index in [1.54, 1.807) is 13.3 Å². The number of anilines is 1. The van der Waals surface area contributed by atoms with Gasteiger partial charge in [-0.3, -0.25) is 4.99 Å². The number of benzene rings is 1. The van der Waals surface area contributed by atoms with E-state index in [0.717, 1.165) is 29.9 Å². The van der Waals surface area contributed by atoms with Crippen LogP contribution in [0.15, 0.2) is 17.1 Å². The normalized spacial score (nSPS) is 20.0. The maximum atomic E-state index is 6.09. The van der Waals surface area contributed by atoms with Gasteiger partial charge in [0.25, 0.3) is 0 Å². The molecule has 2 N–H and O–H groups in total. The van der Waals surface area contributed by atoms with Crippen molar-refractivity contribution in [1.82, 2.24) is 0 Å². The van der Waals surface area contributed by atoms with Crippen LogP contribution in [0.3, 0.4) is 0 Å². The van der Waals surface area contributed by atoms with Gasteiger partial charge in [0.1, 0.15) is 11.9 Å². The molecule has 1 saturated heterocycles. The van der Waals surface area contributed by atoms with Gasteiger partial charge in [0.05, 0.1) is 18.9 Å². The van der Waals surface area contributed by atoms with Crippen LogP contribution in [0.5, 0.6) is 5.75 Å². The Bertz CT molecular complexity index is 424. The molecule has 92 valence electrons. The number of aliphatic imine (C=N–C) groups is 1. The first-order chi connectivity index (χ1) is 8.22. The minimum atomic E-state index is 0.117. The zero-order chi connectivity index (χ0) is 12.3. The quantitative estimate of drug-likeness (QED) is 0.641. The number of hydrogen-bond donors (Lipinski definition) is 1. The molecule has 0 unspecified atom stereocenters. The Morgan fingerprint density at radius 2 is 2.35 bits per heavy atom. The number of nitrogens with zero attached hydrogens (tertiary/aromatic N) is 1. The SMILES string of the molecule is CN=Cc1c(C)ccc(O[C@H]2CCOC2)c1N. The lowest BCUT2D eigenvalue weighted by molar-refractivity contribution is 0.142. The molecule has 0 aliphatic carbocycles. The molecule has 1 fully saturated rings. The molecule has 0 spiro atoms. The Morgan fingerprint density at radius 1 is 1.53 bits per heavy atom. The second-order valence-electron chi connectivity index (χ2n) is 4.20. The number of rotatable bonds is 3. The highest BCUT2D eigenvalue weighted by Gasteiger charge is 2.19. The Morgan fingerprint density at radius 3 is 3.00 bits per heavy atom. The van der Waals surface area contributed by atoms with Crippen molar-refractivity contribution in [2.24, 2.45) is 4.99 Å². The molecule has 17 heavy (non-hydrogen) atoms. The zero-order valence-electron chi connectivity index (χ0n) is 10.3. The molecule has 0 amide bonds. The van der Waals surface area contributed by atoms with E-state index in [4.69, 9.17) is 15.2 Å². The summed E-state index contributed by atoms with van der Waals surface area (Å²) in [5.41, 5.74) is 8.78. The van der Waals surface area contributed by atoms with Crippen LogP contribution in [0.2, 0.25) is 0 Å². The third kappa shape index (κ3) is 2.58. The lowest BCUT2D eigenvalue weighted by atomic mass is 10.1. The van der Waals surface area contributed by atoms with Crippen molar-refractivity contribution in [1.29, 1.82) is 0 Å². The summed E-state index contributed by atoms with van der Waals surface area (Å²) in [7, 11) is 1.73. The topological polar surface area (TPSA) is 56.8 Å². The van der Waals surface area contributed by atoms with Crippen LogP contribution in [-0.4, -0.2) is 32.6 Å². The van der Waals surface area contributed by atoms with Gasteiger partial charge in [0.2, 0.25) is 0 Å². The second kappa shape index (κ2) is 5.19. The molecule has 1 atom stereocenters. The van der Waals surface area contributed by atoms with Gasteiger partial charge in [-0.15, -0.1) is 0 Å². The first-order valence-electron chi connectivity index (χ1n) is 5.78. The Kier molecular flexibility index (Phi) is 3.64. The zero-order valence-corrected chi connectivity index (χ0v) is 10.3. The highest BCUT2D eigenvalue weighted by atomic mass is 16.5. The number of aryl methyl sites for hydroxylation is 1. The van der Waals surface area contributed by atoms with Crippen LogP contribution in [0.4, 0.5) is 5.69 Å². The van der Waals surface area contributed by atoms with E-state index in [2.05, 4.69) is 4.99 Å². The van der Waals surface area contributed by atoms with E-state index >= 15 is 0 Å². The molecule has 2 rings (SSSR count). The summed E-state index contributed by atoms with van der Waals surface area (Å²) < 4.78 is 11.1. The number of nitrogen functional groups attached to an aromatic ring is 1. The van der Waals surface area contributed by atoms with E-state index in [-0.39, 0.29) is 6.10 Å². The van der Waals surface area contributed by atoms with Crippen LogP contribution in [0, 0.1) is 6.92 Å². The summed E-state index contributed by atoms with van der Waals surface area (Å²) in [6.07, 6.45) is 2.80. The van der Waals surface area contributed by atoms with Crippen molar-refractivity contribution in [2.75, 3.05) is 26.0 Å². The smallest absolute Gasteiger partial charge is 0.143 e. The minimum Gasteiger partial charge on any atom is -0.486 e. The van der Waals surface area contributed by atoms with Gasteiger partial charge in [-0.05, 0) is 18.6 Å². The van der Waals surface area contributed by atoms with Crippen LogP contribution in [0.25, 0.3) is 0 Å². The first kappa shape index (κ1) is 11.9. The average Bonchev–Trinajstić information content (AvgIpc) is 2.81. The predicted molar refractivity (Wildman–Crippen MR) is 69.0 cm³/mol. The molecule has 4 nitrogen and oxygen atoms in total. The van der Waals surface area contributed by atoms with E-state index < -0.39 is 0 Å². The van der Waals surface area contributed by atoms with Crippen LogP contribution in [0.1, 0.15) is 17.5 Å². The number of nitrogens with two attached hydrogens (primary N) is 1. The van der Waals surface area contributed by atoms with Crippen molar-refractivity contribution < 1.29 is 9.47 Å². The number of ether oxygens (including phenoxy) is 2. The monoisotopic (exact) mass is 234 g/mol. The van der Waals surface area contributed by atoms with E-state index in [1.807, 2.05) is 19.1 Å². The standard InChI is InChI=1S/C13H18N2O2/c1-9-3-4-12(13(14)11(9)7-15-2)17-10-5-6-16-8-10/h3-4,7,10H,5-6,8,14H2,1-2H3/t10-/m0/s1. The van der Waals surface area contributed by atoms with Crippen LogP contribution < -0.4 is 10.5 Å².